The fourth-order valence-electron chi connectivity index (χ4n) is 2.95. The van der Waals surface area contributed by atoms with Crippen LogP contribution in [0.5, 0.6) is 11.5 Å². The summed E-state index contributed by atoms with van der Waals surface area (Å²) >= 11 is 5.97. The van der Waals surface area contributed by atoms with Gasteiger partial charge in [-0.2, -0.15) is 0 Å². The van der Waals surface area contributed by atoms with Crippen LogP contribution in [0.3, 0.4) is 0 Å². The van der Waals surface area contributed by atoms with Gasteiger partial charge in [-0.3, -0.25) is 0 Å². The van der Waals surface area contributed by atoms with Crippen molar-refractivity contribution in [3.63, 3.8) is 0 Å². The fraction of sp³-hybridized carbons (Fsp3) is 0.727. The van der Waals surface area contributed by atoms with Crippen molar-refractivity contribution < 1.29 is 9.47 Å². The Morgan fingerprint density at radius 2 is 1.31 bits per heavy atom. The molecule has 0 spiro atoms. The second-order valence-electron chi connectivity index (χ2n) is 7.17. The molecular weight excluding hydrogens is 503 g/mol. The molecule has 0 saturated heterocycles. The fourth-order valence-corrected chi connectivity index (χ4v) is 3.71. The summed E-state index contributed by atoms with van der Waals surface area (Å²) in [5.41, 5.74) is 0. The normalized spacial score (nSPS) is 13.5. The van der Waals surface area contributed by atoms with Gasteiger partial charge in [0.1, 0.15) is 0 Å². The first-order valence-electron chi connectivity index (χ1n) is 10.3. The van der Waals surface area contributed by atoms with E-state index in [0.717, 1.165) is 39.2 Å². The summed E-state index contributed by atoms with van der Waals surface area (Å²) in [7, 11) is 0. The molecule has 4 heteroatoms. The van der Waals surface area contributed by atoms with Gasteiger partial charge in [-0.05, 0) is 75.3 Å². The molecule has 1 rings (SSSR count). The number of hydrogen-bond acceptors (Lipinski definition) is 2. The Hall–Kier alpha value is 0.0300. The molecule has 0 N–H and O–H groups in total. The van der Waals surface area contributed by atoms with Crippen molar-refractivity contribution in [1.29, 1.82) is 0 Å². The first-order valence-corrected chi connectivity index (χ1v) is 12.2. The van der Waals surface area contributed by atoms with Gasteiger partial charge in [-0.15, -0.1) is 0 Å². The highest BCUT2D eigenvalue weighted by Gasteiger charge is 2.15. The maximum absolute atomic E-state index is 6.22. The topological polar surface area (TPSA) is 18.5 Å². The molecule has 0 bridgehead atoms. The molecule has 1 aromatic carbocycles. The third-order valence-corrected chi connectivity index (χ3v) is 7.31. The molecule has 0 amide bonds. The van der Waals surface area contributed by atoms with Crippen molar-refractivity contribution in [3.05, 3.63) is 20.2 Å². The lowest BCUT2D eigenvalue weighted by atomic mass is 10.0. The number of unbranched alkanes of at least 4 members (excludes halogenated alkanes) is 2. The Labute approximate surface area is 183 Å². The number of rotatable bonds is 14. The van der Waals surface area contributed by atoms with Crippen molar-refractivity contribution >= 4 is 38.5 Å². The van der Waals surface area contributed by atoms with E-state index in [4.69, 9.17) is 9.47 Å². The van der Waals surface area contributed by atoms with E-state index >= 15 is 0 Å². The molecule has 2 nitrogen and oxygen atoms in total. The van der Waals surface area contributed by atoms with Gasteiger partial charge in [-0.25, -0.2) is 0 Å². The van der Waals surface area contributed by atoms with Gasteiger partial charge in [0.25, 0.3) is 0 Å². The molecular formula is C22H36BrIO2. The molecule has 150 valence electrons. The molecule has 0 aliphatic rings. The monoisotopic (exact) mass is 538 g/mol. The Balaban J connectivity index is 2.75. The van der Waals surface area contributed by atoms with E-state index in [2.05, 4.69) is 78.3 Å². The smallest absolute Gasteiger partial charge is 0.162 e. The Morgan fingerprint density at radius 1 is 0.846 bits per heavy atom. The average molecular weight is 539 g/mol. The van der Waals surface area contributed by atoms with Crippen LogP contribution in [0.25, 0.3) is 0 Å². The van der Waals surface area contributed by atoms with Crippen LogP contribution >= 0.6 is 38.5 Å². The van der Waals surface area contributed by atoms with Crippen LogP contribution in [0.1, 0.15) is 79.1 Å². The van der Waals surface area contributed by atoms with Gasteiger partial charge in [0.05, 0.1) is 13.2 Å². The summed E-state index contributed by atoms with van der Waals surface area (Å²) in [5.74, 6) is 3.00. The zero-order chi connectivity index (χ0) is 19.4. The minimum absolute atomic E-state index is 0.619. The molecule has 0 radical (unpaired) electrons. The van der Waals surface area contributed by atoms with Crippen LogP contribution in [-0.2, 0) is 0 Å². The predicted octanol–water partition coefficient (Wildman–Crippen LogP) is 8.24. The van der Waals surface area contributed by atoms with Gasteiger partial charge >= 0.3 is 0 Å². The molecule has 1 aromatic rings. The van der Waals surface area contributed by atoms with E-state index in [0.29, 0.717) is 11.8 Å². The third kappa shape index (κ3) is 8.81. The number of ether oxygens (including phenoxy) is 2. The zero-order valence-electron chi connectivity index (χ0n) is 17.0. The van der Waals surface area contributed by atoms with Gasteiger partial charge < -0.3 is 9.47 Å². The summed E-state index contributed by atoms with van der Waals surface area (Å²) in [4.78, 5) is 0. The lowest BCUT2D eigenvalue weighted by Crippen LogP contribution is -2.14. The van der Waals surface area contributed by atoms with Gasteiger partial charge in [0.15, 0.2) is 11.5 Å². The highest BCUT2D eigenvalue weighted by Crippen LogP contribution is 2.35. The van der Waals surface area contributed by atoms with E-state index in [9.17, 15) is 0 Å². The largest absolute Gasteiger partial charge is 0.489 e. The first-order chi connectivity index (χ1) is 12.5. The maximum Gasteiger partial charge on any atom is 0.162 e. The van der Waals surface area contributed by atoms with Crippen LogP contribution in [-0.4, -0.2) is 13.2 Å². The lowest BCUT2D eigenvalue weighted by Gasteiger charge is -2.20. The summed E-state index contributed by atoms with van der Waals surface area (Å²) in [6.45, 7) is 10.6. The highest BCUT2D eigenvalue weighted by atomic mass is 127. The zero-order valence-corrected chi connectivity index (χ0v) is 20.7. The molecule has 2 unspecified atom stereocenters. The molecule has 0 aliphatic carbocycles. The summed E-state index contributed by atoms with van der Waals surface area (Å²) in [5, 5.41) is 0. The second kappa shape index (κ2) is 14.1. The van der Waals surface area contributed by atoms with E-state index in [1.54, 1.807) is 0 Å². The van der Waals surface area contributed by atoms with E-state index in [1.807, 2.05) is 0 Å². The van der Waals surface area contributed by atoms with Crippen molar-refractivity contribution in [3.8, 4) is 11.5 Å². The summed E-state index contributed by atoms with van der Waals surface area (Å²) in [6, 6.07) is 4.16. The van der Waals surface area contributed by atoms with Crippen LogP contribution in [0.4, 0.5) is 0 Å². The van der Waals surface area contributed by atoms with Crippen LogP contribution in [0.2, 0.25) is 0 Å². The minimum Gasteiger partial charge on any atom is -0.489 e. The predicted molar refractivity (Wildman–Crippen MR) is 124 cm³/mol. The van der Waals surface area contributed by atoms with Gasteiger partial charge in [-0.1, -0.05) is 66.2 Å². The quantitative estimate of drug-likeness (QED) is 0.222. The highest BCUT2D eigenvalue weighted by molar-refractivity contribution is 14.1. The van der Waals surface area contributed by atoms with Crippen LogP contribution < -0.4 is 9.47 Å². The average Bonchev–Trinajstić information content (AvgIpc) is 2.65. The lowest BCUT2D eigenvalue weighted by molar-refractivity contribution is 0.199. The van der Waals surface area contributed by atoms with Crippen molar-refractivity contribution in [2.75, 3.05) is 13.2 Å². The number of halogens is 2. The van der Waals surface area contributed by atoms with Crippen molar-refractivity contribution in [1.82, 2.24) is 0 Å². The molecule has 0 heterocycles. The Kier molecular flexibility index (Phi) is 13.0. The summed E-state index contributed by atoms with van der Waals surface area (Å²) < 4.78 is 14.7. The van der Waals surface area contributed by atoms with Gasteiger partial charge in [0, 0.05) is 8.04 Å². The molecule has 0 saturated carbocycles. The second-order valence-corrected chi connectivity index (χ2v) is 9.18. The first kappa shape index (κ1) is 24.1. The minimum atomic E-state index is 0.619. The van der Waals surface area contributed by atoms with E-state index < -0.39 is 0 Å². The summed E-state index contributed by atoms with van der Waals surface area (Å²) in [6.07, 6.45) is 9.86. The van der Waals surface area contributed by atoms with E-state index in [1.165, 1.54) is 44.9 Å². The Bertz CT molecular complexity index is 462. The van der Waals surface area contributed by atoms with Crippen LogP contribution in [0.15, 0.2) is 16.6 Å². The molecule has 0 fully saturated rings. The number of hydrogen-bond donors (Lipinski definition) is 0. The standard InChI is InChI=1S/C22H36BrIO2/c1-5-9-11-17(7-3)15-25-21-13-19(23)20(24)14-22(21)26-16-18(8-4)12-10-6-2/h13-14,17-18H,5-12,15-16H2,1-4H3. The molecule has 2 atom stereocenters. The molecule has 0 aliphatic heterocycles. The van der Waals surface area contributed by atoms with E-state index in [-0.39, 0.29) is 0 Å². The SMILES string of the molecule is CCCCC(CC)COc1cc(Br)c(I)cc1OCC(CC)CCCC. The number of benzene rings is 1. The van der Waals surface area contributed by atoms with Crippen molar-refractivity contribution in [2.24, 2.45) is 11.8 Å². The third-order valence-electron chi connectivity index (χ3n) is 5.02. The Morgan fingerprint density at radius 3 is 1.73 bits per heavy atom. The van der Waals surface area contributed by atoms with Crippen molar-refractivity contribution in [2.45, 2.75) is 79.1 Å². The molecule has 0 aromatic heterocycles. The van der Waals surface area contributed by atoms with Gasteiger partial charge in [0.2, 0.25) is 0 Å². The van der Waals surface area contributed by atoms with Crippen LogP contribution in [0, 0.1) is 15.4 Å². The molecule has 26 heavy (non-hydrogen) atoms. The maximum atomic E-state index is 6.22.